The lowest BCUT2D eigenvalue weighted by atomic mass is 10.1. The summed E-state index contributed by atoms with van der Waals surface area (Å²) in [5.41, 5.74) is 3.54. The Morgan fingerprint density at radius 3 is 2.69 bits per heavy atom. The molecule has 2 heterocycles. The number of nitrogens with zero attached hydrogens (tertiary/aromatic N) is 3. The van der Waals surface area contributed by atoms with E-state index in [4.69, 9.17) is 0 Å². The highest BCUT2D eigenvalue weighted by atomic mass is 32.1. The molecular weight excluding hydrogens is 220 g/mol. The Labute approximate surface area is 99.3 Å². The number of anilines is 1. The number of nitrogens with one attached hydrogen (secondary N) is 1. The first kappa shape index (κ1) is 11.1. The maximum atomic E-state index is 4.42. The number of aromatic nitrogens is 3. The molecule has 0 bridgehead atoms. The molecule has 2 rings (SSSR count). The fourth-order valence-corrected chi connectivity index (χ4v) is 2.59. The van der Waals surface area contributed by atoms with Gasteiger partial charge >= 0.3 is 0 Å². The third-order valence-corrected chi connectivity index (χ3v) is 3.47. The molecule has 16 heavy (non-hydrogen) atoms. The molecule has 4 nitrogen and oxygen atoms in total. The van der Waals surface area contributed by atoms with E-state index in [1.807, 2.05) is 30.2 Å². The molecule has 0 amide bonds. The van der Waals surface area contributed by atoms with Gasteiger partial charge in [0.15, 0.2) is 5.13 Å². The fraction of sp³-hybridized carbons (Fsp3) is 0.455. The summed E-state index contributed by atoms with van der Waals surface area (Å²) in [4.78, 5) is 4.23. The minimum absolute atomic E-state index is 0.236. The van der Waals surface area contributed by atoms with Crippen LogP contribution in [0.1, 0.15) is 29.9 Å². The summed E-state index contributed by atoms with van der Waals surface area (Å²) < 4.78 is 1.92. The van der Waals surface area contributed by atoms with Gasteiger partial charge < -0.3 is 5.32 Å². The van der Waals surface area contributed by atoms with Crippen LogP contribution in [0, 0.1) is 13.8 Å². The van der Waals surface area contributed by atoms with Crippen molar-refractivity contribution in [3.05, 3.63) is 28.5 Å². The van der Waals surface area contributed by atoms with Crippen molar-refractivity contribution < 1.29 is 0 Å². The molecule has 2 aromatic rings. The van der Waals surface area contributed by atoms with Gasteiger partial charge in [0.25, 0.3) is 0 Å². The zero-order valence-electron chi connectivity index (χ0n) is 9.98. The van der Waals surface area contributed by atoms with Gasteiger partial charge in [-0.25, -0.2) is 4.98 Å². The minimum Gasteiger partial charge on any atom is -0.355 e. The molecule has 86 valence electrons. The Kier molecular flexibility index (Phi) is 2.96. The van der Waals surface area contributed by atoms with E-state index >= 15 is 0 Å². The van der Waals surface area contributed by atoms with Gasteiger partial charge in [-0.15, -0.1) is 11.3 Å². The Morgan fingerprint density at radius 1 is 1.44 bits per heavy atom. The Hall–Kier alpha value is -1.36. The van der Waals surface area contributed by atoms with Crippen LogP contribution < -0.4 is 5.32 Å². The van der Waals surface area contributed by atoms with Gasteiger partial charge in [-0.2, -0.15) is 5.10 Å². The van der Waals surface area contributed by atoms with Gasteiger partial charge in [0.1, 0.15) is 0 Å². The fourth-order valence-electron chi connectivity index (χ4n) is 1.97. The molecule has 0 aliphatic rings. The van der Waals surface area contributed by atoms with Crippen LogP contribution in [-0.4, -0.2) is 14.8 Å². The lowest BCUT2D eigenvalue weighted by Crippen LogP contribution is -2.08. The third-order valence-electron chi connectivity index (χ3n) is 2.77. The third kappa shape index (κ3) is 1.95. The predicted molar refractivity (Wildman–Crippen MR) is 66.8 cm³/mol. The lowest BCUT2D eigenvalue weighted by molar-refractivity contribution is 0.728. The van der Waals surface area contributed by atoms with E-state index in [-0.39, 0.29) is 6.04 Å². The Morgan fingerprint density at radius 2 is 2.19 bits per heavy atom. The van der Waals surface area contributed by atoms with Gasteiger partial charge in [0, 0.05) is 29.9 Å². The lowest BCUT2D eigenvalue weighted by Gasteiger charge is -2.13. The van der Waals surface area contributed by atoms with Crippen molar-refractivity contribution in [2.75, 3.05) is 5.32 Å². The van der Waals surface area contributed by atoms with Crippen LogP contribution in [0.5, 0.6) is 0 Å². The molecule has 0 spiro atoms. The maximum absolute atomic E-state index is 4.42. The average Bonchev–Trinajstić information content (AvgIpc) is 2.77. The van der Waals surface area contributed by atoms with Crippen molar-refractivity contribution in [2.24, 2.45) is 7.05 Å². The van der Waals surface area contributed by atoms with Gasteiger partial charge in [-0.3, -0.25) is 4.68 Å². The second-order valence-corrected chi connectivity index (χ2v) is 4.81. The first-order chi connectivity index (χ1) is 7.59. The number of rotatable bonds is 3. The summed E-state index contributed by atoms with van der Waals surface area (Å²) in [5.74, 6) is 0. The summed E-state index contributed by atoms with van der Waals surface area (Å²) >= 11 is 1.62. The summed E-state index contributed by atoms with van der Waals surface area (Å²) in [5, 5.41) is 10.7. The number of hydrogen-bond donors (Lipinski definition) is 1. The molecular formula is C11H16N4S. The molecule has 0 fully saturated rings. The molecule has 2 aromatic heterocycles. The quantitative estimate of drug-likeness (QED) is 0.891. The first-order valence-corrected chi connectivity index (χ1v) is 6.13. The number of aryl methyl sites for hydroxylation is 2. The van der Waals surface area contributed by atoms with Gasteiger partial charge in [0.05, 0.1) is 11.7 Å². The highest BCUT2D eigenvalue weighted by Gasteiger charge is 2.16. The molecule has 0 aliphatic carbocycles. The summed E-state index contributed by atoms with van der Waals surface area (Å²) in [6, 6.07) is 0.236. The predicted octanol–water partition coefficient (Wildman–Crippen LogP) is 2.67. The topological polar surface area (TPSA) is 42.7 Å². The SMILES string of the molecule is Cc1nn(C)c(C)c1C(C)Nc1nccs1. The van der Waals surface area contributed by atoms with E-state index in [1.165, 1.54) is 11.3 Å². The second-order valence-electron chi connectivity index (χ2n) is 3.91. The van der Waals surface area contributed by atoms with Crippen molar-refractivity contribution in [2.45, 2.75) is 26.8 Å². The van der Waals surface area contributed by atoms with Crippen LogP contribution in [0.4, 0.5) is 5.13 Å². The molecule has 0 saturated carbocycles. The van der Waals surface area contributed by atoms with Crippen LogP contribution in [0.15, 0.2) is 11.6 Å². The number of hydrogen-bond acceptors (Lipinski definition) is 4. The zero-order valence-corrected chi connectivity index (χ0v) is 10.8. The van der Waals surface area contributed by atoms with Crippen molar-refractivity contribution in [1.82, 2.24) is 14.8 Å². The minimum atomic E-state index is 0.236. The van der Waals surface area contributed by atoms with E-state index in [1.54, 1.807) is 11.3 Å². The van der Waals surface area contributed by atoms with Crippen LogP contribution in [0.3, 0.4) is 0 Å². The summed E-state index contributed by atoms with van der Waals surface area (Å²) in [7, 11) is 1.97. The number of thiazole rings is 1. The zero-order chi connectivity index (χ0) is 11.7. The largest absolute Gasteiger partial charge is 0.355 e. The van der Waals surface area contributed by atoms with Crippen LogP contribution in [-0.2, 0) is 7.05 Å². The molecule has 1 N–H and O–H groups in total. The van der Waals surface area contributed by atoms with E-state index in [9.17, 15) is 0 Å². The van der Waals surface area contributed by atoms with Crippen LogP contribution in [0.2, 0.25) is 0 Å². The van der Waals surface area contributed by atoms with Gasteiger partial charge in [-0.05, 0) is 20.8 Å². The Bertz CT molecular complexity index is 472. The van der Waals surface area contributed by atoms with Gasteiger partial charge in [0.2, 0.25) is 0 Å². The average molecular weight is 236 g/mol. The first-order valence-electron chi connectivity index (χ1n) is 5.25. The highest BCUT2D eigenvalue weighted by Crippen LogP contribution is 2.25. The molecule has 5 heteroatoms. The van der Waals surface area contributed by atoms with Crippen molar-refractivity contribution >= 4 is 16.5 Å². The molecule has 0 radical (unpaired) electrons. The van der Waals surface area contributed by atoms with Crippen LogP contribution in [0.25, 0.3) is 0 Å². The molecule has 1 unspecified atom stereocenters. The van der Waals surface area contributed by atoms with Crippen molar-refractivity contribution in [3.8, 4) is 0 Å². The van der Waals surface area contributed by atoms with E-state index in [2.05, 4.69) is 29.2 Å². The van der Waals surface area contributed by atoms with Crippen molar-refractivity contribution in [3.63, 3.8) is 0 Å². The molecule has 0 aliphatic heterocycles. The van der Waals surface area contributed by atoms with Gasteiger partial charge in [-0.1, -0.05) is 0 Å². The highest BCUT2D eigenvalue weighted by molar-refractivity contribution is 7.13. The maximum Gasteiger partial charge on any atom is 0.183 e. The molecule has 1 atom stereocenters. The standard InChI is InChI=1S/C11H16N4S/c1-7(13-11-12-5-6-16-11)10-8(2)14-15(4)9(10)3/h5-7H,1-4H3,(H,12,13). The summed E-state index contributed by atoms with van der Waals surface area (Å²) in [6.07, 6.45) is 1.81. The van der Waals surface area contributed by atoms with Crippen LogP contribution >= 0.6 is 11.3 Å². The molecule has 0 aromatic carbocycles. The van der Waals surface area contributed by atoms with Crippen molar-refractivity contribution in [1.29, 1.82) is 0 Å². The van der Waals surface area contributed by atoms with E-state index in [0.29, 0.717) is 0 Å². The van der Waals surface area contributed by atoms with E-state index in [0.717, 1.165) is 10.8 Å². The summed E-state index contributed by atoms with van der Waals surface area (Å²) in [6.45, 7) is 6.27. The van der Waals surface area contributed by atoms with E-state index < -0.39 is 0 Å². The normalized spacial score (nSPS) is 12.8. The Balaban J connectivity index is 2.24. The second kappa shape index (κ2) is 4.25. The smallest absolute Gasteiger partial charge is 0.183 e. The molecule has 0 saturated heterocycles. The monoisotopic (exact) mass is 236 g/mol.